The molecule has 0 amide bonds. The van der Waals surface area contributed by atoms with E-state index in [-0.39, 0.29) is 11.0 Å². The highest BCUT2D eigenvalue weighted by atomic mass is 32.2. The summed E-state index contributed by atoms with van der Waals surface area (Å²) < 4.78 is 34.3. The van der Waals surface area contributed by atoms with Gasteiger partial charge in [0, 0.05) is 25.7 Å². The Kier molecular flexibility index (Phi) is 4.42. The van der Waals surface area contributed by atoms with E-state index in [9.17, 15) is 8.42 Å². The van der Waals surface area contributed by atoms with Crippen molar-refractivity contribution in [2.75, 3.05) is 19.7 Å². The van der Waals surface area contributed by atoms with Gasteiger partial charge < -0.3 is 4.74 Å². The molecule has 1 aliphatic rings. The molecule has 0 bridgehead atoms. The summed E-state index contributed by atoms with van der Waals surface area (Å²) in [5, 5.41) is 11.3. The summed E-state index contributed by atoms with van der Waals surface area (Å²) in [7, 11) is -1.84. The molecule has 2 heterocycles. The average Bonchev–Trinajstić information content (AvgIpc) is 3.01. The Labute approximate surface area is 135 Å². The smallest absolute Gasteiger partial charge is 0.243 e. The largest absolute Gasteiger partial charge is 0.375 e. The van der Waals surface area contributed by atoms with Crippen LogP contribution in [0.3, 0.4) is 0 Å². The maximum Gasteiger partial charge on any atom is 0.243 e. The van der Waals surface area contributed by atoms with E-state index in [0.717, 1.165) is 6.42 Å². The van der Waals surface area contributed by atoms with Crippen molar-refractivity contribution in [2.24, 2.45) is 7.05 Å². The lowest BCUT2D eigenvalue weighted by molar-refractivity contribution is -0.00277. The number of rotatable bonds is 4. The topological polar surface area (TPSA) is 90.2 Å². The number of hydrogen-bond donors (Lipinski definition) is 0. The fraction of sp³-hybridized carbons (Fsp3) is 0.500. The second-order valence-electron chi connectivity index (χ2n) is 5.42. The number of aromatic nitrogens is 4. The van der Waals surface area contributed by atoms with Crippen LogP contribution in [0.5, 0.6) is 0 Å². The normalized spacial score (nSPS) is 19.8. The molecule has 23 heavy (non-hydrogen) atoms. The van der Waals surface area contributed by atoms with Crippen LogP contribution >= 0.6 is 0 Å². The second kappa shape index (κ2) is 6.34. The molecule has 1 fully saturated rings. The van der Waals surface area contributed by atoms with Crippen LogP contribution < -0.4 is 0 Å². The van der Waals surface area contributed by atoms with Crippen LogP contribution in [-0.4, -0.2) is 58.7 Å². The summed E-state index contributed by atoms with van der Waals surface area (Å²) in [5.74, 6) is 0.524. The van der Waals surface area contributed by atoms with Gasteiger partial charge in [-0.05, 0) is 29.0 Å². The number of tetrazole rings is 1. The molecular weight excluding hydrogens is 318 g/mol. The Hall–Kier alpha value is -1.84. The minimum Gasteiger partial charge on any atom is -0.375 e. The Balaban J connectivity index is 1.93. The first-order valence-corrected chi connectivity index (χ1v) is 8.91. The molecule has 1 saturated heterocycles. The number of benzene rings is 1. The van der Waals surface area contributed by atoms with Crippen molar-refractivity contribution in [3.05, 3.63) is 24.3 Å². The van der Waals surface area contributed by atoms with Crippen molar-refractivity contribution in [1.82, 2.24) is 24.5 Å². The lowest BCUT2D eigenvalue weighted by atomic mass is 10.2. The summed E-state index contributed by atoms with van der Waals surface area (Å²) in [4.78, 5) is 0.245. The van der Waals surface area contributed by atoms with Crippen molar-refractivity contribution in [1.29, 1.82) is 0 Å². The Bertz CT molecular complexity index is 789. The van der Waals surface area contributed by atoms with Crippen molar-refractivity contribution in [3.63, 3.8) is 0 Å². The zero-order valence-corrected chi connectivity index (χ0v) is 13.9. The Morgan fingerprint density at radius 3 is 2.91 bits per heavy atom. The molecule has 0 N–H and O–H groups in total. The van der Waals surface area contributed by atoms with Gasteiger partial charge in [0.2, 0.25) is 10.0 Å². The van der Waals surface area contributed by atoms with Gasteiger partial charge >= 0.3 is 0 Å². The van der Waals surface area contributed by atoms with Gasteiger partial charge in [-0.3, -0.25) is 0 Å². The summed E-state index contributed by atoms with van der Waals surface area (Å²) >= 11 is 0. The van der Waals surface area contributed by atoms with E-state index in [2.05, 4.69) is 15.5 Å². The molecule has 1 aromatic heterocycles. The van der Waals surface area contributed by atoms with E-state index in [0.29, 0.717) is 31.1 Å². The van der Waals surface area contributed by atoms with Crippen LogP contribution in [-0.2, 0) is 21.8 Å². The molecule has 124 valence electrons. The fourth-order valence-electron chi connectivity index (χ4n) is 2.58. The average molecular weight is 337 g/mol. The van der Waals surface area contributed by atoms with Gasteiger partial charge in [0.05, 0.1) is 17.6 Å². The molecule has 8 nitrogen and oxygen atoms in total. The first kappa shape index (κ1) is 16.0. The van der Waals surface area contributed by atoms with Crippen molar-refractivity contribution >= 4 is 10.0 Å². The lowest BCUT2D eigenvalue weighted by Crippen LogP contribution is -2.45. The van der Waals surface area contributed by atoms with Crippen LogP contribution in [0.2, 0.25) is 0 Å². The van der Waals surface area contributed by atoms with Crippen LogP contribution in [0.25, 0.3) is 11.4 Å². The SMILES string of the molecule is CCC1CN(S(=O)(=O)c2cccc(-c3nnnn3C)c2)CCO1. The Morgan fingerprint density at radius 1 is 1.39 bits per heavy atom. The predicted octanol–water partition coefficient (Wildman–Crippen LogP) is 0.677. The van der Waals surface area contributed by atoms with Crippen molar-refractivity contribution in [3.8, 4) is 11.4 Å². The molecule has 0 radical (unpaired) electrons. The fourth-order valence-corrected chi connectivity index (χ4v) is 4.08. The highest BCUT2D eigenvalue weighted by Gasteiger charge is 2.30. The zero-order valence-electron chi connectivity index (χ0n) is 13.1. The highest BCUT2D eigenvalue weighted by molar-refractivity contribution is 7.89. The molecule has 0 aliphatic carbocycles. The van der Waals surface area contributed by atoms with E-state index in [4.69, 9.17) is 4.74 Å². The number of ether oxygens (including phenoxy) is 1. The number of morpholine rings is 1. The molecule has 3 rings (SSSR count). The van der Waals surface area contributed by atoms with Gasteiger partial charge in [-0.1, -0.05) is 19.1 Å². The second-order valence-corrected chi connectivity index (χ2v) is 7.36. The van der Waals surface area contributed by atoms with Gasteiger partial charge in [0.25, 0.3) is 0 Å². The van der Waals surface area contributed by atoms with E-state index in [1.54, 1.807) is 31.3 Å². The van der Waals surface area contributed by atoms with E-state index in [1.807, 2.05) is 6.92 Å². The summed E-state index contributed by atoms with van der Waals surface area (Å²) in [6.45, 7) is 3.16. The maximum atomic E-state index is 12.9. The minimum absolute atomic E-state index is 0.0513. The highest BCUT2D eigenvalue weighted by Crippen LogP contribution is 2.24. The Morgan fingerprint density at radius 2 is 2.22 bits per heavy atom. The third-order valence-electron chi connectivity index (χ3n) is 3.91. The molecular formula is C14H19N5O3S. The molecule has 1 atom stereocenters. The van der Waals surface area contributed by atoms with Gasteiger partial charge in [0.1, 0.15) is 0 Å². The first-order valence-electron chi connectivity index (χ1n) is 7.47. The molecule has 0 saturated carbocycles. The van der Waals surface area contributed by atoms with Crippen LogP contribution in [0.4, 0.5) is 0 Å². The predicted molar refractivity (Wildman–Crippen MR) is 83.0 cm³/mol. The summed E-state index contributed by atoms with van der Waals surface area (Å²) in [6, 6.07) is 6.70. The standard InChI is InChI=1S/C14H19N5O3S/c1-3-12-10-19(7-8-22-12)23(20,21)13-6-4-5-11(9-13)14-15-16-17-18(14)2/h4-6,9,12H,3,7-8,10H2,1-2H3. The van der Waals surface area contributed by atoms with Crippen LogP contribution in [0, 0.1) is 0 Å². The molecule has 9 heteroatoms. The molecule has 2 aromatic rings. The van der Waals surface area contributed by atoms with Gasteiger partial charge in [-0.25, -0.2) is 13.1 Å². The lowest BCUT2D eigenvalue weighted by Gasteiger charge is -2.31. The van der Waals surface area contributed by atoms with E-state index >= 15 is 0 Å². The quantitative estimate of drug-likeness (QED) is 0.815. The van der Waals surface area contributed by atoms with E-state index < -0.39 is 10.0 Å². The van der Waals surface area contributed by atoms with E-state index in [1.165, 1.54) is 8.99 Å². The van der Waals surface area contributed by atoms with Gasteiger partial charge in [0.15, 0.2) is 5.82 Å². The molecule has 1 aromatic carbocycles. The van der Waals surface area contributed by atoms with Crippen LogP contribution in [0.1, 0.15) is 13.3 Å². The molecule has 1 aliphatic heterocycles. The minimum atomic E-state index is -3.56. The molecule has 1 unspecified atom stereocenters. The van der Waals surface area contributed by atoms with Gasteiger partial charge in [-0.2, -0.15) is 4.31 Å². The van der Waals surface area contributed by atoms with Gasteiger partial charge in [-0.15, -0.1) is 5.10 Å². The third kappa shape index (κ3) is 3.12. The zero-order chi connectivity index (χ0) is 16.4. The maximum absolute atomic E-state index is 12.9. The number of hydrogen-bond acceptors (Lipinski definition) is 6. The number of nitrogens with zero attached hydrogens (tertiary/aromatic N) is 5. The first-order chi connectivity index (χ1) is 11.0. The summed E-state index contributed by atoms with van der Waals surface area (Å²) in [5.41, 5.74) is 0.666. The van der Waals surface area contributed by atoms with Crippen molar-refractivity contribution < 1.29 is 13.2 Å². The number of sulfonamides is 1. The summed E-state index contributed by atoms with van der Waals surface area (Å²) in [6.07, 6.45) is 0.737. The monoisotopic (exact) mass is 337 g/mol. The number of aryl methyl sites for hydroxylation is 1. The molecule has 0 spiro atoms. The third-order valence-corrected chi connectivity index (χ3v) is 5.77. The van der Waals surface area contributed by atoms with Crippen LogP contribution in [0.15, 0.2) is 29.2 Å². The van der Waals surface area contributed by atoms with Crippen molar-refractivity contribution in [2.45, 2.75) is 24.3 Å².